The van der Waals surface area contributed by atoms with E-state index in [1.54, 1.807) is 12.1 Å². The van der Waals surface area contributed by atoms with Gasteiger partial charge >= 0.3 is 0 Å². The van der Waals surface area contributed by atoms with Gasteiger partial charge in [0, 0.05) is 22.4 Å². The highest BCUT2D eigenvalue weighted by atomic mass is 79.9. The third-order valence-electron chi connectivity index (χ3n) is 2.92. The maximum Gasteiger partial charge on any atom is 0.255 e. The van der Waals surface area contributed by atoms with Crippen LogP contribution in [0.1, 0.15) is 16.1 Å². The van der Waals surface area contributed by atoms with Crippen molar-refractivity contribution >= 4 is 33.2 Å². The molecule has 0 saturated heterocycles. The molecule has 1 N–H and O–H groups in total. The van der Waals surface area contributed by atoms with Gasteiger partial charge in [0.25, 0.3) is 5.91 Å². The summed E-state index contributed by atoms with van der Waals surface area (Å²) in [6.07, 6.45) is 3.77. The van der Waals surface area contributed by atoms with E-state index < -0.39 is 0 Å². The number of pyridine rings is 1. The van der Waals surface area contributed by atoms with Crippen molar-refractivity contribution < 1.29 is 4.79 Å². The van der Waals surface area contributed by atoms with E-state index in [4.69, 9.17) is 0 Å². The standard InChI is InChI=1S/C15H12BrN3O/c1-10-8-19-9-13(5-6-14(19)17-10)18-15(20)11-3-2-4-12(16)7-11/h2-9H,1H3,(H,18,20). The normalized spacial score (nSPS) is 10.7. The van der Waals surface area contributed by atoms with Gasteiger partial charge in [-0.25, -0.2) is 4.98 Å². The number of aromatic nitrogens is 2. The van der Waals surface area contributed by atoms with Crippen molar-refractivity contribution in [3.05, 3.63) is 64.5 Å². The molecule has 3 aromatic rings. The van der Waals surface area contributed by atoms with Crippen LogP contribution >= 0.6 is 15.9 Å². The summed E-state index contributed by atoms with van der Waals surface area (Å²) in [4.78, 5) is 16.5. The predicted octanol–water partition coefficient (Wildman–Crippen LogP) is 3.66. The lowest BCUT2D eigenvalue weighted by atomic mass is 10.2. The first-order valence-corrected chi connectivity index (χ1v) is 6.93. The van der Waals surface area contributed by atoms with Crippen molar-refractivity contribution in [3.63, 3.8) is 0 Å². The highest BCUT2D eigenvalue weighted by Crippen LogP contribution is 2.15. The van der Waals surface area contributed by atoms with Gasteiger partial charge < -0.3 is 9.72 Å². The number of rotatable bonds is 2. The molecule has 0 unspecified atom stereocenters. The number of carbonyl (C=O) groups excluding carboxylic acids is 1. The van der Waals surface area contributed by atoms with Crippen molar-refractivity contribution in [2.24, 2.45) is 0 Å². The smallest absolute Gasteiger partial charge is 0.255 e. The van der Waals surface area contributed by atoms with Gasteiger partial charge in [0.05, 0.1) is 11.4 Å². The Balaban J connectivity index is 1.87. The molecule has 0 aliphatic carbocycles. The van der Waals surface area contributed by atoms with Crippen LogP contribution in [0.25, 0.3) is 5.65 Å². The number of fused-ring (bicyclic) bond motifs is 1. The lowest BCUT2D eigenvalue weighted by molar-refractivity contribution is 0.102. The summed E-state index contributed by atoms with van der Waals surface area (Å²) in [6, 6.07) is 11.0. The molecule has 2 aromatic heterocycles. The van der Waals surface area contributed by atoms with E-state index >= 15 is 0 Å². The number of carbonyl (C=O) groups is 1. The molecule has 0 fully saturated rings. The first-order chi connectivity index (χ1) is 9.61. The van der Waals surface area contributed by atoms with Crippen LogP contribution in [0.4, 0.5) is 5.69 Å². The van der Waals surface area contributed by atoms with E-state index in [0.29, 0.717) is 5.56 Å². The number of halogens is 1. The van der Waals surface area contributed by atoms with E-state index in [9.17, 15) is 4.79 Å². The molecule has 0 aliphatic heterocycles. The van der Waals surface area contributed by atoms with Crippen molar-refractivity contribution in [1.82, 2.24) is 9.38 Å². The van der Waals surface area contributed by atoms with Crippen molar-refractivity contribution in [2.45, 2.75) is 6.92 Å². The quantitative estimate of drug-likeness (QED) is 0.779. The first-order valence-electron chi connectivity index (χ1n) is 6.14. The average Bonchev–Trinajstić information content (AvgIpc) is 2.78. The third-order valence-corrected chi connectivity index (χ3v) is 3.41. The molecule has 0 saturated carbocycles. The number of amides is 1. The second kappa shape index (κ2) is 5.09. The Morgan fingerprint density at radius 3 is 2.90 bits per heavy atom. The lowest BCUT2D eigenvalue weighted by Crippen LogP contribution is -2.12. The molecule has 0 spiro atoms. The number of nitrogens with zero attached hydrogens (tertiary/aromatic N) is 2. The van der Waals surface area contributed by atoms with Gasteiger partial charge in [-0.2, -0.15) is 0 Å². The lowest BCUT2D eigenvalue weighted by Gasteiger charge is -2.06. The summed E-state index contributed by atoms with van der Waals surface area (Å²) in [5, 5.41) is 2.88. The molecule has 0 atom stereocenters. The molecular weight excluding hydrogens is 318 g/mol. The Morgan fingerprint density at radius 2 is 2.10 bits per heavy atom. The molecular formula is C15H12BrN3O. The van der Waals surface area contributed by atoms with Crippen LogP contribution in [-0.4, -0.2) is 15.3 Å². The van der Waals surface area contributed by atoms with Gasteiger partial charge in [-0.05, 0) is 37.3 Å². The zero-order valence-corrected chi connectivity index (χ0v) is 12.4. The molecule has 0 radical (unpaired) electrons. The van der Waals surface area contributed by atoms with Crippen LogP contribution in [0, 0.1) is 6.92 Å². The van der Waals surface area contributed by atoms with Gasteiger partial charge in [-0.15, -0.1) is 0 Å². The molecule has 0 bridgehead atoms. The van der Waals surface area contributed by atoms with Gasteiger partial charge in [0.15, 0.2) is 0 Å². The maximum atomic E-state index is 12.2. The number of hydrogen-bond acceptors (Lipinski definition) is 2. The Bertz CT molecular complexity index is 795. The fourth-order valence-electron chi connectivity index (χ4n) is 2.03. The fourth-order valence-corrected chi connectivity index (χ4v) is 2.42. The number of aryl methyl sites for hydroxylation is 1. The van der Waals surface area contributed by atoms with Crippen LogP contribution in [0.15, 0.2) is 53.3 Å². The second-order valence-corrected chi connectivity index (χ2v) is 5.45. The van der Waals surface area contributed by atoms with E-state index in [2.05, 4.69) is 26.2 Å². The van der Waals surface area contributed by atoms with E-state index in [1.165, 1.54) is 0 Å². The van der Waals surface area contributed by atoms with Gasteiger partial charge in [0.2, 0.25) is 0 Å². The number of imidazole rings is 1. The number of nitrogens with one attached hydrogen (secondary N) is 1. The van der Waals surface area contributed by atoms with Crippen LogP contribution in [-0.2, 0) is 0 Å². The van der Waals surface area contributed by atoms with Gasteiger partial charge in [0.1, 0.15) is 5.65 Å². The monoisotopic (exact) mass is 329 g/mol. The fraction of sp³-hybridized carbons (Fsp3) is 0.0667. The van der Waals surface area contributed by atoms with Crippen LogP contribution in [0.3, 0.4) is 0 Å². The second-order valence-electron chi connectivity index (χ2n) is 4.53. The topological polar surface area (TPSA) is 46.4 Å². The summed E-state index contributed by atoms with van der Waals surface area (Å²) in [5.41, 5.74) is 3.16. The summed E-state index contributed by atoms with van der Waals surface area (Å²) in [6.45, 7) is 1.94. The van der Waals surface area contributed by atoms with Crippen molar-refractivity contribution in [3.8, 4) is 0 Å². The summed E-state index contributed by atoms with van der Waals surface area (Å²) < 4.78 is 2.78. The summed E-state index contributed by atoms with van der Waals surface area (Å²) in [7, 11) is 0. The van der Waals surface area contributed by atoms with Crippen LogP contribution in [0.5, 0.6) is 0 Å². The molecule has 2 heterocycles. The Kier molecular flexibility index (Phi) is 3.28. The van der Waals surface area contributed by atoms with Gasteiger partial charge in [-0.1, -0.05) is 22.0 Å². The molecule has 1 aromatic carbocycles. The zero-order chi connectivity index (χ0) is 14.1. The van der Waals surface area contributed by atoms with Crippen LogP contribution < -0.4 is 5.32 Å². The molecule has 3 rings (SSSR count). The molecule has 0 aliphatic rings. The van der Waals surface area contributed by atoms with Crippen molar-refractivity contribution in [1.29, 1.82) is 0 Å². The minimum absolute atomic E-state index is 0.137. The number of hydrogen-bond donors (Lipinski definition) is 1. The molecule has 4 nitrogen and oxygen atoms in total. The molecule has 5 heteroatoms. The highest BCUT2D eigenvalue weighted by Gasteiger charge is 2.07. The van der Waals surface area contributed by atoms with Gasteiger partial charge in [-0.3, -0.25) is 4.79 Å². The number of benzene rings is 1. The zero-order valence-electron chi connectivity index (χ0n) is 10.8. The average molecular weight is 330 g/mol. The SMILES string of the molecule is Cc1cn2cc(NC(=O)c3cccc(Br)c3)ccc2n1. The highest BCUT2D eigenvalue weighted by molar-refractivity contribution is 9.10. The Labute approximate surface area is 124 Å². The molecule has 100 valence electrons. The minimum Gasteiger partial charge on any atom is -0.321 e. The minimum atomic E-state index is -0.137. The predicted molar refractivity (Wildman–Crippen MR) is 82.0 cm³/mol. The van der Waals surface area contributed by atoms with E-state index in [-0.39, 0.29) is 5.91 Å². The summed E-state index contributed by atoms with van der Waals surface area (Å²) in [5.74, 6) is -0.137. The Hall–Kier alpha value is -2.14. The summed E-state index contributed by atoms with van der Waals surface area (Å²) >= 11 is 3.36. The third kappa shape index (κ3) is 2.58. The maximum absolute atomic E-state index is 12.2. The molecule has 20 heavy (non-hydrogen) atoms. The van der Waals surface area contributed by atoms with E-state index in [0.717, 1.165) is 21.5 Å². The number of anilines is 1. The van der Waals surface area contributed by atoms with Crippen molar-refractivity contribution in [2.75, 3.05) is 5.32 Å². The van der Waals surface area contributed by atoms with Crippen LogP contribution in [0.2, 0.25) is 0 Å². The Morgan fingerprint density at radius 1 is 1.25 bits per heavy atom. The molecule has 1 amide bonds. The first kappa shape index (κ1) is 12.9. The van der Waals surface area contributed by atoms with E-state index in [1.807, 2.05) is 48.0 Å². The largest absolute Gasteiger partial charge is 0.321 e.